The first-order valence-corrected chi connectivity index (χ1v) is 9.75. The summed E-state index contributed by atoms with van der Waals surface area (Å²) in [5, 5.41) is 0. The molecule has 1 aliphatic heterocycles. The molecule has 0 atom stereocenters. The number of benzene rings is 1. The van der Waals surface area contributed by atoms with Crippen LogP contribution in [0.5, 0.6) is 0 Å². The molecule has 0 N–H and O–H groups in total. The van der Waals surface area contributed by atoms with Crippen molar-refractivity contribution in [2.24, 2.45) is 0 Å². The summed E-state index contributed by atoms with van der Waals surface area (Å²) in [5.41, 5.74) is 1.08. The summed E-state index contributed by atoms with van der Waals surface area (Å²) in [6.07, 6.45) is 7.43. The lowest BCUT2D eigenvalue weighted by Crippen LogP contribution is -2.38. The molecule has 0 radical (unpaired) electrons. The van der Waals surface area contributed by atoms with E-state index >= 15 is 0 Å². The van der Waals surface area contributed by atoms with Crippen molar-refractivity contribution in [3.05, 3.63) is 49.1 Å². The van der Waals surface area contributed by atoms with E-state index < -0.39 is 0 Å². The number of ether oxygens (including phenoxy) is 1. The number of para-hydroxylation sites is 1. The van der Waals surface area contributed by atoms with E-state index in [1.54, 1.807) is 12.5 Å². The van der Waals surface area contributed by atoms with Gasteiger partial charge < -0.3 is 14.5 Å². The third-order valence-corrected chi connectivity index (χ3v) is 4.67. The predicted molar refractivity (Wildman–Crippen MR) is 108 cm³/mol. The number of morpholine rings is 1. The lowest BCUT2D eigenvalue weighted by molar-refractivity contribution is 0.122. The Morgan fingerprint density at radius 2 is 1.82 bits per heavy atom. The van der Waals surface area contributed by atoms with Gasteiger partial charge in [0.25, 0.3) is 0 Å². The van der Waals surface area contributed by atoms with Crippen LogP contribution in [0.15, 0.2) is 49.1 Å². The summed E-state index contributed by atoms with van der Waals surface area (Å²) in [6, 6.07) is 10.3. The molecule has 8 nitrogen and oxygen atoms in total. The van der Waals surface area contributed by atoms with Crippen LogP contribution in [-0.2, 0) is 4.74 Å². The lowest BCUT2D eigenvalue weighted by Gasteiger charge is -2.29. The van der Waals surface area contributed by atoms with Crippen LogP contribution < -0.4 is 9.80 Å². The predicted octanol–water partition coefficient (Wildman–Crippen LogP) is 2.83. The van der Waals surface area contributed by atoms with Gasteiger partial charge in [0.1, 0.15) is 6.33 Å². The standard InChI is InChI=1S/C20H25N7O/c1-2-3-10-27(17-7-5-4-6-8-17)20-23-18(25-12-14-28-15-13-25)22-19(24-20)26-11-9-21-16-26/h4-9,11,16H,2-3,10,12-15H2,1H3. The van der Waals surface area contributed by atoms with Crippen LogP contribution in [0.1, 0.15) is 19.8 Å². The molecule has 3 heterocycles. The summed E-state index contributed by atoms with van der Waals surface area (Å²) in [6.45, 7) is 5.93. The first-order chi connectivity index (χ1) is 13.8. The van der Waals surface area contributed by atoms with E-state index in [2.05, 4.69) is 33.8 Å². The number of nitrogens with zero attached hydrogens (tertiary/aromatic N) is 7. The smallest absolute Gasteiger partial charge is 0.241 e. The molecule has 1 aromatic carbocycles. The van der Waals surface area contributed by atoms with E-state index in [1.807, 2.05) is 29.0 Å². The second-order valence-corrected chi connectivity index (χ2v) is 6.65. The number of unbranched alkanes of at least 4 members (excludes halogenated alkanes) is 1. The molecule has 28 heavy (non-hydrogen) atoms. The second-order valence-electron chi connectivity index (χ2n) is 6.65. The van der Waals surface area contributed by atoms with Gasteiger partial charge in [-0.1, -0.05) is 31.5 Å². The van der Waals surface area contributed by atoms with E-state index in [9.17, 15) is 0 Å². The third-order valence-electron chi connectivity index (χ3n) is 4.67. The Kier molecular flexibility index (Phi) is 5.77. The fourth-order valence-corrected chi connectivity index (χ4v) is 3.13. The Bertz CT molecular complexity index is 864. The highest BCUT2D eigenvalue weighted by Crippen LogP contribution is 2.25. The molecule has 146 valence electrons. The zero-order chi connectivity index (χ0) is 19.2. The van der Waals surface area contributed by atoms with Gasteiger partial charge in [0, 0.05) is 37.7 Å². The van der Waals surface area contributed by atoms with Crippen molar-refractivity contribution >= 4 is 17.6 Å². The molecule has 0 aliphatic carbocycles. The number of aromatic nitrogens is 5. The number of anilines is 3. The van der Waals surface area contributed by atoms with Crippen LogP contribution in [0, 0.1) is 0 Å². The third kappa shape index (κ3) is 4.12. The first-order valence-electron chi connectivity index (χ1n) is 9.75. The minimum absolute atomic E-state index is 0.571. The van der Waals surface area contributed by atoms with Gasteiger partial charge >= 0.3 is 0 Å². The highest BCUT2D eigenvalue weighted by Gasteiger charge is 2.20. The molecule has 0 unspecified atom stereocenters. The fourth-order valence-electron chi connectivity index (χ4n) is 3.13. The summed E-state index contributed by atoms with van der Waals surface area (Å²) in [4.78, 5) is 22.8. The van der Waals surface area contributed by atoms with Gasteiger partial charge in [-0.3, -0.25) is 4.57 Å². The monoisotopic (exact) mass is 379 g/mol. The highest BCUT2D eigenvalue weighted by molar-refractivity contribution is 5.58. The van der Waals surface area contributed by atoms with Crippen molar-refractivity contribution in [3.8, 4) is 5.95 Å². The Morgan fingerprint density at radius 1 is 1.04 bits per heavy atom. The van der Waals surface area contributed by atoms with Gasteiger partial charge in [0.15, 0.2) is 0 Å². The largest absolute Gasteiger partial charge is 0.378 e. The molecule has 1 aliphatic rings. The van der Waals surface area contributed by atoms with Gasteiger partial charge in [-0.15, -0.1) is 0 Å². The minimum Gasteiger partial charge on any atom is -0.378 e. The maximum Gasteiger partial charge on any atom is 0.241 e. The normalized spacial score (nSPS) is 14.2. The molecule has 2 aromatic heterocycles. The van der Waals surface area contributed by atoms with Crippen LogP contribution in [0.2, 0.25) is 0 Å². The zero-order valence-corrected chi connectivity index (χ0v) is 16.1. The Morgan fingerprint density at radius 3 is 2.54 bits per heavy atom. The molecular formula is C20H25N7O. The summed E-state index contributed by atoms with van der Waals surface area (Å²) in [7, 11) is 0. The Hall–Kier alpha value is -3.00. The fraction of sp³-hybridized carbons (Fsp3) is 0.400. The Labute approximate surface area is 164 Å². The van der Waals surface area contributed by atoms with Crippen molar-refractivity contribution in [2.45, 2.75) is 19.8 Å². The topological polar surface area (TPSA) is 72.2 Å². The van der Waals surface area contributed by atoms with Crippen LogP contribution >= 0.6 is 0 Å². The van der Waals surface area contributed by atoms with Crippen LogP contribution in [0.25, 0.3) is 5.95 Å². The molecule has 8 heteroatoms. The van der Waals surface area contributed by atoms with E-state index in [4.69, 9.17) is 19.7 Å². The quantitative estimate of drug-likeness (QED) is 0.625. The van der Waals surface area contributed by atoms with E-state index in [0.29, 0.717) is 31.1 Å². The number of hydrogen-bond donors (Lipinski definition) is 0. The van der Waals surface area contributed by atoms with Gasteiger partial charge in [-0.05, 0) is 18.6 Å². The molecule has 1 fully saturated rings. The van der Waals surface area contributed by atoms with Crippen molar-refractivity contribution in [3.63, 3.8) is 0 Å². The van der Waals surface area contributed by atoms with Crippen molar-refractivity contribution in [1.29, 1.82) is 0 Å². The molecule has 3 aromatic rings. The molecule has 0 bridgehead atoms. The molecule has 0 spiro atoms. The SMILES string of the molecule is CCCCN(c1ccccc1)c1nc(N2CCOCC2)nc(-n2ccnc2)n1. The summed E-state index contributed by atoms with van der Waals surface area (Å²) in [5.74, 6) is 1.90. The van der Waals surface area contributed by atoms with Gasteiger partial charge in [0.05, 0.1) is 13.2 Å². The lowest BCUT2D eigenvalue weighted by atomic mass is 10.2. The Balaban J connectivity index is 1.77. The maximum absolute atomic E-state index is 5.49. The number of imidazole rings is 1. The first kappa shape index (κ1) is 18.4. The zero-order valence-electron chi connectivity index (χ0n) is 16.1. The second kappa shape index (κ2) is 8.79. The van der Waals surface area contributed by atoms with Gasteiger partial charge in [0.2, 0.25) is 17.8 Å². The molecule has 4 rings (SSSR count). The highest BCUT2D eigenvalue weighted by atomic mass is 16.5. The average Bonchev–Trinajstić information content (AvgIpc) is 3.30. The van der Waals surface area contributed by atoms with E-state index in [-0.39, 0.29) is 0 Å². The van der Waals surface area contributed by atoms with E-state index in [0.717, 1.165) is 38.2 Å². The number of hydrogen-bond acceptors (Lipinski definition) is 7. The van der Waals surface area contributed by atoms with Crippen molar-refractivity contribution < 1.29 is 4.74 Å². The van der Waals surface area contributed by atoms with Crippen molar-refractivity contribution in [1.82, 2.24) is 24.5 Å². The molecule has 0 amide bonds. The van der Waals surface area contributed by atoms with Crippen LogP contribution in [0.3, 0.4) is 0 Å². The minimum atomic E-state index is 0.571. The molecular weight excluding hydrogens is 354 g/mol. The van der Waals surface area contributed by atoms with Crippen LogP contribution in [-0.4, -0.2) is 57.4 Å². The molecule has 0 saturated carbocycles. The molecule has 1 saturated heterocycles. The number of rotatable bonds is 7. The van der Waals surface area contributed by atoms with Gasteiger partial charge in [-0.2, -0.15) is 15.0 Å². The summed E-state index contributed by atoms with van der Waals surface area (Å²) < 4.78 is 7.30. The van der Waals surface area contributed by atoms with E-state index in [1.165, 1.54) is 0 Å². The van der Waals surface area contributed by atoms with Crippen LogP contribution in [0.4, 0.5) is 17.6 Å². The maximum atomic E-state index is 5.49. The van der Waals surface area contributed by atoms with Crippen molar-refractivity contribution in [2.75, 3.05) is 42.6 Å². The van der Waals surface area contributed by atoms with Gasteiger partial charge in [-0.25, -0.2) is 4.98 Å². The average molecular weight is 379 g/mol. The summed E-state index contributed by atoms with van der Waals surface area (Å²) >= 11 is 0.